The summed E-state index contributed by atoms with van der Waals surface area (Å²) in [5, 5.41) is 9.85. The number of benzene rings is 1. The van der Waals surface area contributed by atoms with Gasteiger partial charge in [-0.25, -0.2) is 4.39 Å². The Labute approximate surface area is 140 Å². The lowest BCUT2D eigenvalue weighted by Gasteiger charge is -2.37. The molecule has 1 N–H and O–H groups in total. The smallest absolute Gasteiger partial charge is 0.244 e. The summed E-state index contributed by atoms with van der Waals surface area (Å²) in [5.74, 6) is -0.209. The molecule has 0 unspecified atom stereocenters. The van der Waals surface area contributed by atoms with Crippen molar-refractivity contribution < 1.29 is 14.3 Å². The van der Waals surface area contributed by atoms with Crippen LogP contribution in [0, 0.1) is 11.7 Å². The molecule has 126 valence electrons. The number of rotatable bonds is 3. The molecule has 0 aliphatic carbocycles. The largest absolute Gasteiger partial charge is 0.393 e. The Morgan fingerprint density at radius 1 is 1.35 bits per heavy atom. The van der Waals surface area contributed by atoms with Gasteiger partial charge in [-0.05, 0) is 56.8 Å². The van der Waals surface area contributed by atoms with Gasteiger partial charge in [0.05, 0.1) is 17.2 Å². The van der Waals surface area contributed by atoms with Gasteiger partial charge in [0.25, 0.3) is 0 Å². The second-order valence-corrected chi connectivity index (χ2v) is 6.94. The van der Waals surface area contributed by atoms with Crippen LogP contribution >= 0.6 is 11.6 Å². The van der Waals surface area contributed by atoms with Crippen molar-refractivity contribution in [3.8, 4) is 0 Å². The van der Waals surface area contributed by atoms with Crippen molar-refractivity contribution in [3.05, 3.63) is 29.0 Å². The molecule has 2 aliphatic heterocycles. The SMILES string of the molecule is C[C@H](O)[C@H]1CCCN([C@@H]2CCN(c3ccc(F)c(Cl)c3)C2=O)C1. The van der Waals surface area contributed by atoms with Gasteiger partial charge in [-0.2, -0.15) is 0 Å². The average molecular weight is 341 g/mol. The molecule has 0 bridgehead atoms. The van der Waals surface area contributed by atoms with E-state index in [9.17, 15) is 14.3 Å². The van der Waals surface area contributed by atoms with Crippen LogP contribution in [0.4, 0.5) is 10.1 Å². The second-order valence-electron chi connectivity index (χ2n) is 6.53. The van der Waals surface area contributed by atoms with Gasteiger partial charge >= 0.3 is 0 Å². The third-order valence-electron chi connectivity index (χ3n) is 5.00. The van der Waals surface area contributed by atoms with Crippen molar-refractivity contribution in [2.75, 3.05) is 24.5 Å². The summed E-state index contributed by atoms with van der Waals surface area (Å²) in [6, 6.07) is 4.24. The summed E-state index contributed by atoms with van der Waals surface area (Å²) < 4.78 is 13.3. The lowest BCUT2D eigenvalue weighted by atomic mass is 9.92. The highest BCUT2D eigenvalue weighted by atomic mass is 35.5. The molecule has 0 saturated carbocycles. The lowest BCUT2D eigenvalue weighted by molar-refractivity contribution is -0.122. The first kappa shape index (κ1) is 16.7. The summed E-state index contributed by atoms with van der Waals surface area (Å²) in [4.78, 5) is 16.6. The number of carbonyl (C=O) groups is 1. The van der Waals surface area contributed by atoms with Crippen LogP contribution in [-0.4, -0.2) is 47.7 Å². The van der Waals surface area contributed by atoms with Gasteiger partial charge in [0.2, 0.25) is 5.91 Å². The molecule has 0 radical (unpaired) electrons. The van der Waals surface area contributed by atoms with E-state index in [1.54, 1.807) is 11.0 Å². The maximum atomic E-state index is 13.3. The molecule has 1 aromatic carbocycles. The zero-order valence-electron chi connectivity index (χ0n) is 13.2. The number of nitrogens with zero attached hydrogens (tertiary/aromatic N) is 2. The number of piperidine rings is 1. The van der Waals surface area contributed by atoms with E-state index < -0.39 is 5.82 Å². The molecule has 2 saturated heterocycles. The molecule has 2 fully saturated rings. The van der Waals surface area contributed by atoms with E-state index in [-0.39, 0.29) is 29.0 Å². The predicted molar refractivity (Wildman–Crippen MR) is 88.1 cm³/mol. The number of anilines is 1. The molecule has 1 amide bonds. The van der Waals surface area contributed by atoms with Crippen LogP contribution < -0.4 is 4.90 Å². The fourth-order valence-corrected chi connectivity index (χ4v) is 3.80. The maximum Gasteiger partial charge on any atom is 0.244 e. The molecule has 3 atom stereocenters. The Balaban J connectivity index is 1.72. The van der Waals surface area contributed by atoms with E-state index in [0.29, 0.717) is 12.2 Å². The van der Waals surface area contributed by atoms with E-state index in [1.807, 2.05) is 6.92 Å². The molecule has 4 nitrogen and oxygen atoms in total. The molecule has 3 rings (SSSR count). The molecule has 2 heterocycles. The normalized spacial score (nSPS) is 27.5. The summed E-state index contributed by atoms with van der Waals surface area (Å²) in [5.41, 5.74) is 0.646. The second kappa shape index (κ2) is 6.75. The minimum Gasteiger partial charge on any atom is -0.393 e. The fraction of sp³-hybridized carbons (Fsp3) is 0.588. The van der Waals surface area contributed by atoms with Gasteiger partial charge in [0.15, 0.2) is 0 Å². The minimum absolute atomic E-state index is 0.0332. The van der Waals surface area contributed by atoms with Gasteiger partial charge in [-0.3, -0.25) is 9.69 Å². The number of carbonyl (C=O) groups excluding carboxylic acids is 1. The van der Waals surface area contributed by atoms with Crippen molar-refractivity contribution in [3.63, 3.8) is 0 Å². The standard InChI is InChI=1S/C17H22ClFN2O2/c1-11(22)12-3-2-7-20(10-12)16-6-8-21(17(16)23)13-4-5-15(19)14(18)9-13/h4-5,9,11-12,16,22H,2-3,6-8,10H2,1H3/t11-,12-,16+/m0/s1. The summed E-state index contributed by atoms with van der Waals surface area (Å²) in [6.45, 7) is 4.07. The van der Waals surface area contributed by atoms with Crippen molar-refractivity contribution >= 4 is 23.2 Å². The van der Waals surface area contributed by atoms with Crippen LogP contribution in [0.15, 0.2) is 18.2 Å². The van der Waals surface area contributed by atoms with E-state index >= 15 is 0 Å². The highest BCUT2D eigenvalue weighted by molar-refractivity contribution is 6.31. The Morgan fingerprint density at radius 2 is 2.13 bits per heavy atom. The van der Waals surface area contributed by atoms with E-state index in [1.165, 1.54) is 12.1 Å². The summed E-state index contributed by atoms with van der Waals surface area (Å²) >= 11 is 5.83. The molecular formula is C17H22ClFN2O2. The van der Waals surface area contributed by atoms with Crippen LogP contribution in [0.1, 0.15) is 26.2 Å². The number of likely N-dealkylation sites (tertiary alicyclic amines) is 1. The molecule has 2 aliphatic rings. The first-order chi connectivity index (χ1) is 11.0. The Hall–Kier alpha value is -1.17. The number of hydrogen-bond acceptors (Lipinski definition) is 3. The zero-order chi connectivity index (χ0) is 16.6. The first-order valence-electron chi connectivity index (χ1n) is 8.16. The summed E-state index contributed by atoms with van der Waals surface area (Å²) in [7, 11) is 0. The topological polar surface area (TPSA) is 43.8 Å². The fourth-order valence-electron chi connectivity index (χ4n) is 3.63. The molecule has 1 aromatic rings. The van der Waals surface area contributed by atoms with Crippen LogP contribution in [0.25, 0.3) is 0 Å². The van der Waals surface area contributed by atoms with Crippen molar-refractivity contribution in [2.45, 2.75) is 38.3 Å². The first-order valence-corrected chi connectivity index (χ1v) is 8.53. The quantitative estimate of drug-likeness (QED) is 0.920. The monoisotopic (exact) mass is 340 g/mol. The van der Waals surface area contributed by atoms with E-state index in [0.717, 1.165) is 32.4 Å². The Kier molecular flexibility index (Phi) is 4.90. The third-order valence-corrected chi connectivity index (χ3v) is 5.29. The minimum atomic E-state index is -0.477. The van der Waals surface area contributed by atoms with E-state index in [2.05, 4.69) is 4.90 Å². The van der Waals surface area contributed by atoms with Gasteiger partial charge < -0.3 is 10.0 Å². The number of halogens is 2. The molecule has 0 aromatic heterocycles. The molecule has 23 heavy (non-hydrogen) atoms. The van der Waals surface area contributed by atoms with Crippen molar-refractivity contribution in [2.24, 2.45) is 5.92 Å². The Bertz CT molecular complexity index is 596. The molecular weight excluding hydrogens is 319 g/mol. The third kappa shape index (κ3) is 3.37. The average Bonchev–Trinajstić information content (AvgIpc) is 2.92. The summed E-state index contributed by atoms with van der Waals surface area (Å²) in [6.07, 6.45) is 2.41. The van der Waals surface area contributed by atoms with Crippen LogP contribution in [0.5, 0.6) is 0 Å². The number of amides is 1. The highest BCUT2D eigenvalue weighted by Crippen LogP contribution is 2.30. The van der Waals surface area contributed by atoms with Crippen LogP contribution in [0.3, 0.4) is 0 Å². The maximum absolute atomic E-state index is 13.3. The van der Waals surface area contributed by atoms with Gasteiger partial charge in [0.1, 0.15) is 5.82 Å². The van der Waals surface area contributed by atoms with Crippen molar-refractivity contribution in [1.29, 1.82) is 0 Å². The molecule has 6 heteroatoms. The number of aliphatic hydroxyl groups excluding tert-OH is 1. The van der Waals surface area contributed by atoms with Gasteiger partial charge in [-0.15, -0.1) is 0 Å². The molecule has 0 spiro atoms. The number of aliphatic hydroxyl groups is 1. The zero-order valence-corrected chi connectivity index (χ0v) is 14.0. The van der Waals surface area contributed by atoms with Crippen LogP contribution in [-0.2, 0) is 4.79 Å². The van der Waals surface area contributed by atoms with Crippen LogP contribution in [0.2, 0.25) is 5.02 Å². The lowest BCUT2D eigenvalue weighted by Crippen LogP contribution is -2.48. The number of hydrogen-bond donors (Lipinski definition) is 1. The van der Waals surface area contributed by atoms with Crippen molar-refractivity contribution in [1.82, 2.24) is 4.90 Å². The Morgan fingerprint density at radius 3 is 2.83 bits per heavy atom. The predicted octanol–water partition coefficient (Wildman–Crippen LogP) is 2.68. The highest BCUT2D eigenvalue weighted by Gasteiger charge is 2.39. The van der Waals surface area contributed by atoms with Gasteiger partial charge in [0, 0.05) is 18.8 Å². The van der Waals surface area contributed by atoms with E-state index in [4.69, 9.17) is 11.6 Å². The van der Waals surface area contributed by atoms with Gasteiger partial charge in [-0.1, -0.05) is 11.6 Å².